The highest BCUT2D eigenvalue weighted by Crippen LogP contribution is 2.14. The molecule has 1 aromatic heterocycles. The van der Waals surface area contributed by atoms with Crippen LogP contribution in [0.15, 0.2) is 24.4 Å². The van der Waals surface area contributed by atoms with E-state index in [1.807, 2.05) is 24.4 Å². The number of aromatic nitrogens is 1. The maximum absolute atomic E-state index is 5.93. The van der Waals surface area contributed by atoms with Gasteiger partial charge in [-0.05, 0) is 31.4 Å². The monoisotopic (exact) mass is 278 g/mol. The lowest BCUT2D eigenvalue weighted by molar-refractivity contribution is 0.0438. The van der Waals surface area contributed by atoms with E-state index in [0.717, 1.165) is 57.8 Å². The predicted octanol–water partition coefficient (Wildman–Crippen LogP) is 2.49. The van der Waals surface area contributed by atoms with Crippen molar-refractivity contribution in [3.05, 3.63) is 30.1 Å². The Morgan fingerprint density at radius 1 is 1.35 bits per heavy atom. The van der Waals surface area contributed by atoms with Gasteiger partial charge in [0, 0.05) is 39.0 Å². The van der Waals surface area contributed by atoms with Gasteiger partial charge in [-0.3, -0.25) is 4.98 Å². The summed E-state index contributed by atoms with van der Waals surface area (Å²) in [7, 11) is 0. The van der Waals surface area contributed by atoms with Crippen molar-refractivity contribution in [1.82, 2.24) is 9.88 Å². The van der Waals surface area contributed by atoms with Gasteiger partial charge in [0.25, 0.3) is 0 Å². The molecule has 20 heavy (non-hydrogen) atoms. The Balaban J connectivity index is 1.56. The first kappa shape index (κ1) is 15.4. The zero-order chi connectivity index (χ0) is 14.0. The third-order valence-corrected chi connectivity index (χ3v) is 3.53. The van der Waals surface area contributed by atoms with Crippen LogP contribution in [0, 0.1) is 0 Å². The van der Waals surface area contributed by atoms with Gasteiger partial charge in [-0.15, -0.1) is 0 Å². The number of nitrogens with zero attached hydrogens (tertiary/aromatic N) is 2. The molecule has 0 saturated carbocycles. The molecule has 112 valence electrons. The third kappa shape index (κ3) is 5.57. The van der Waals surface area contributed by atoms with Gasteiger partial charge in [0.05, 0.1) is 18.4 Å². The largest absolute Gasteiger partial charge is 0.381 e. The molecule has 0 spiro atoms. The molecule has 0 aliphatic carbocycles. The predicted molar refractivity (Wildman–Crippen MR) is 79.6 cm³/mol. The first-order valence-electron chi connectivity index (χ1n) is 7.70. The molecule has 0 amide bonds. The van der Waals surface area contributed by atoms with E-state index in [1.165, 1.54) is 0 Å². The van der Waals surface area contributed by atoms with Crippen LogP contribution in [0.5, 0.6) is 0 Å². The van der Waals surface area contributed by atoms with E-state index in [1.54, 1.807) is 0 Å². The molecule has 4 heteroatoms. The highest BCUT2D eigenvalue weighted by Gasteiger charge is 2.22. The van der Waals surface area contributed by atoms with Gasteiger partial charge in [0.15, 0.2) is 0 Å². The van der Waals surface area contributed by atoms with E-state index in [-0.39, 0.29) is 0 Å². The van der Waals surface area contributed by atoms with Crippen LogP contribution >= 0.6 is 0 Å². The fraction of sp³-hybridized carbons (Fsp3) is 0.688. The molecule has 0 aromatic carbocycles. The maximum Gasteiger partial charge on any atom is 0.0892 e. The number of pyridine rings is 1. The molecule has 4 nitrogen and oxygen atoms in total. The topological polar surface area (TPSA) is 34.6 Å². The molecule has 2 rings (SSSR count). The lowest BCUT2D eigenvalue weighted by Crippen LogP contribution is -2.25. The summed E-state index contributed by atoms with van der Waals surface area (Å²) in [6, 6.07) is 5.95. The van der Waals surface area contributed by atoms with Crippen LogP contribution in [0.3, 0.4) is 0 Å². The van der Waals surface area contributed by atoms with E-state index in [0.29, 0.717) is 12.7 Å². The first-order valence-corrected chi connectivity index (χ1v) is 7.70. The number of likely N-dealkylation sites (tertiary alicyclic amines) is 1. The molecule has 1 aliphatic rings. The van der Waals surface area contributed by atoms with Crippen molar-refractivity contribution in [2.75, 3.05) is 32.8 Å². The van der Waals surface area contributed by atoms with E-state index < -0.39 is 0 Å². The lowest BCUT2D eigenvalue weighted by atomic mass is 10.3. The summed E-state index contributed by atoms with van der Waals surface area (Å²) >= 11 is 0. The molecule has 0 radical (unpaired) electrons. The normalized spacial score (nSPS) is 19.6. The van der Waals surface area contributed by atoms with Crippen LogP contribution < -0.4 is 0 Å². The Labute approximate surface area is 122 Å². The Kier molecular flexibility index (Phi) is 6.98. The van der Waals surface area contributed by atoms with Crippen LogP contribution in [0.25, 0.3) is 0 Å². The minimum absolute atomic E-state index is 0.355. The summed E-state index contributed by atoms with van der Waals surface area (Å²) < 4.78 is 11.4. The van der Waals surface area contributed by atoms with Crippen molar-refractivity contribution >= 4 is 0 Å². The molecule has 1 unspecified atom stereocenters. The second-order valence-corrected chi connectivity index (χ2v) is 5.31. The SMILES string of the molecule is CCCOCCCN1CCC(OCc2ccccn2)C1. The van der Waals surface area contributed by atoms with Gasteiger partial charge in [-0.25, -0.2) is 0 Å². The van der Waals surface area contributed by atoms with E-state index in [2.05, 4.69) is 16.8 Å². The van der Waals surface area contributed by atoms with Crippen molar-refractivity contribution in [3.8, 4) is 0 Å². The molecule has 1 aromatic rings. The number of ether oxygens (including phenoxy) is 2. The Morgan fingerprint density at radius 2 is 2.30 bits per heavy atom. The Bertz CT molecular complexity index is 359. The van der Waals surface area contributed by atoms with Crippen LogP contribution in [-0.4, -0.2) is 48.8 Å². The smallest absolute Gasteiger partial charge is 0.0892 e. The van der Waals surface area contributed by atoms with Gasteiger partial charge in [-0.1, -0.05) is 13.0 Å². The molecule has 0 bridgehead atoms. The zero-order valence-corrected chi connectivity index (χ0v) is 12.5. The van der Waals surface area contributed by atoms with Crippen LogP contribution in [0.2, 0.25) is 0 Å². The molecule has 2 heterocycles. The molecule has 1 saturated heterocycles. The molecule has 1 atom stereocenters. The summed E-state index contributed by atoms with van der Waals surface area (Å²) in [5.41, 5.74) is 1.01. The third-order valence-electron chi connectivity index (χ3n) is 3.53. The minimum atomic E-state index is 0.355. The van der Waals surface area contributed by atoms with Crippen molar-refractivity contribution in [2.45, 2.75) is 38.9 Å². The molecular formula is C16H26N2O2. The number of rotatable bonds is 9. The van der Waals surface area contributed by atoms with E-state index in [4.69, 9.17) is 9.47 Å². The summed E-state index contributed by atoms with van der Waals surface area (Å²) in [4.78, 5) is 6.75. The average molecular weight is 278 g/mol. The van der Waals surface area contributed by atoms with Crippen molar-refractivity contribution in [3.63, 3.8) is 0 Å². The quantitative estimate of drug-likeness (QED) is 0.650. The summed E-state index contributed by atoms with van der Waals surface area (Å²) in [5.74, 6) is 0. The van der Waals surface area contributed by atoms with Crippen molar-refractivity contribution in [1.29, 1.82) is 0 Å². The summed E-state index contributed by atoms with van der Waals surface area (Å²) in [6.07, 6.45) is 5.52. The molecular weight excluding hydrogens is 252 g/mol. The van der Waals surface area contributed by atoms with Gasteiger partial charge in [0.2, 0.25) is 0 Å². The second-order valence-electron chi connectivity index (χ2n) is 5.31. The Morgan fingerprint density at radius 3 is 3.10 bits per heavy atom. The molecule has 0 N–H and O–H groups in total. The molecule has 1 aliphatic heterocycles. The van der Waals surface area contributed by atoms with Crippen molar-refractivity contribution < 1.29 is 9.47 Å². The van der Waals surface area contributed by atoms with Crippen molar-refractivity contribution in [2.24, 2.45) is 0 Å². The van der Waals surface area contributed by atoms with Gasteiger partial charge >= 0.3 is 0 Å². The fourth-order valence-electron chi connectivity index (χ4n) is 2.46. The standard InChI is InChI=1S/C16H26N2O2/c1-2-11-19-12-5-9-18-10-7-16(13-18)20-14-15-6-3-4-8-17-15/h3-4,6,8,16H,2,5,7,9-14H2,1H3. The van der Waals surface area contributed by atoms with E-state index >= 15 is 0 Å². The first-order chi connectivity index (χ1) is 9.88. The van der Waals surface area contributed by atoms with E-state index in [9.17, 15) is 0 Å². The summed E-state index contributed by atoms with van der Waals surface area (Å²) in [6.45, 7) is 7.83. The fourth-order valence-corrected chi connectivity index (χ4v) is 2.46. The maximum atomic E-state index is 5.93. The van der Waals surface area contributed by atoms with Crippen LogP contribution in [-0.2, 0) is 16.1 Å². The highest BCUT2D eigenvalue weighted by molar-refractivity contribution is 5.02. The zero-order valence-electron chi connectivity index (χ0n) is 12.5. The van der Waals surface area contributed by atoms with Crippen LogP contribution in [0.4, 0.5) is 0 Å². The van der Waals surface area contributed by atoms with Gasteiger partial charge in [0.1, 0.15) is 0 Å². The number of hydrogen-bond acceptors (Lipinski definition) is 4. The highest BCUT2D eigenvalue weighted by atomic mass is 16.5. The number of hydrogen-bond donors (Lipinski definition) is 0. The van der Waals surface area contributed by atoms with Gasteiger partial charge < -0.3 is 14.4 Å². The summed E-state index contributed by atoms with van der Waals surface area (Å²) in [5, 5.41) is 0. The minimum Gasteiger partial charge on any atom is -0.381 e. The van der Waals surface area contributed by atoms with Gasteiger partial charge in [-0.2, -0.15) is 0 Å². The van der Waals surface area contributed by atoms with Crippen LogP contribution in [0.1, 0.15) is 31.9 Å². The second kappa shape index (κ2) is 9.06. The average Bonchev–Trinajstić information content (AvgIpc) is 2.94. The Hall–Kier alpha value is -0.970. The molecule has 1 fully saturated rings. The lowest BCUT2D eigenvalue weighted by Gasteiger charge is -2.16.